The highest BCUT2D eigenvalue weighted by atomic mass is 16.5. The zero-order valence-corrected chi connectivity index (χ0v) is 20.4. The Labute approximate surface area is 185 Å². The number of hydrogen-bond acceptors (Lipinski definition) is 2. The number of hydrogen-bond donors (Lipinski definition) is 0. The van der Waals surface area contributed by atoms with Gasteiger partial charge in [-0.15, -0.1) is 0 Å². The van der Waals surface area contributed by atoms with Crippen molar-refractivity contribution in [1.82, 2.24) is 0 Å². The molecule has 0 N–H and O–H groups in total. The summed E-state index contributed by atoms with van der Waals surface area (Å²) in [5.41, 5.74) is 2.38. The molecule has 0 saturated carbocycles. The molecule has 0 saturated heterocycles. The second-order valence-corrected chi connectivity index (χ2v) is 10.2. The maximum atomic E-state index is 7.07. The number of quaternary nitrogens is 1. The SMILES string of the molecule is CCOCC[N+](C)(C)C(OC1(CC(C)C)C=CC=CC1)c1ccc(CC(C)C)cc1. The normalized spacial score (nSPS) is 20.3. The maximum Gasteiger partial charge on any atom is 0.220 e. The smallest absolute Gasteiger partial charge is 0.220 e. The molecular formula is C27H44NO2+. The number of benzene rings is 1. The minimum atomic E-state index is -0.259. The Morgan fingerprint density at radius 1 is 1.00 bits per heavy atom. The lowest BCUT2D eigenvalue weighted by atomic mass is 9.86. The monoisotopic (exact) mass is 414 g/mol. The van der Waals surface area contributed by atoms with Gasteiger partial charge < -0.3 is 9.47 Å². The molecule has 0 bridgehead atoms. The van der Waals surface area contributed by atoms with Crippen LogP contribution in [0.4, 0.5) is 0 Å². The third-order valence-corrected chi connectivity index (χ3v) is 5.77. The van der Waals surface area contributed by atoms with Crippen LogP contribution in [0.1, 0.15) is 64.8 Å². The van der Waals surface area contributed by atoms with Gasteiger partial charge in [-0.25, -0.2) is 0 Å². The highest BCUT2D eigenvalue weighted by Crippen LogP contribution is 2.38. The van der Waals surface area contributed by atoms with Crippen LogP contribution in [0.2, 0.25) is 0 Å². The van der Waals surface area contributed by atoms with Gasteiger partial charge in [0.05, 0.1) is 26.3 Å². The second kappa shape index (κ2) is 11.3. The Hall–Kier alpha value is -1.42. The van der Waals surface area contributed by atoms with Crippen LogP contribution in [0.15, 0.2) is 48.6 Å². The van der Waals surface area contributed by atoms with Crippen LogP contribution in [0, 0.1) is 11.8 Å². The minimum absolute atomic E-state index is 0.0477. The zero-order chi connectivity index (χ0) is 22.2. The van der Waals surface area contributed by atoms with E-state index in [1.54, 1.807) is 0 Å². The molecule has 0 aliphatic heterocycles. The highest BCUT2D eigenvalue weighted by Gasteiger charge is 2.39. The maximum absolute atomic E-state index is 7.07. The van der Waals surface area contributed by atoms with Crippen LogP contribution >= 0.6 is 0 Å². The van der Waals surface area contributed by atoms with Crippen LogP contribution in [0.3, 0.4) is 0 Å². The molecule has 0 aromatic heterocycles. The number of likely N-dealkylation sites (N-methyl/N-ethyl adjacent to an activating group) is 1. The average Bonchev–Trinajstić information content (AvgIpc) is 2.67. The van der Waals surface area contributed by atoms with Crippen molar-refractivity contribution in [3.05, 3.63) is 59.7 Å². The summed E-state index contributed by atoms with van der Waals surface area (Å²) in [5, 5.41) is 0. The summed E-state index contributed by atoms with van der Waals surface area (Å²) < 4.78 is 13.5. The third-order valence-electron chi connectivity index (χ3n) is 5.77. The molecule has 0 heterocycles. The van der Waals surface area contributed by atoms with E-state index >= 15 is 0 Å². The fourth-order valence-electron chi connectivity index (χ4n) is 4.31. The first-order chi connectivity index (χ1) is 14.2. The van der Waals surface area contributed by atoms with E-state index in [4.69, 9.17) is 9.47 Å². The Morgan fingerprint density at radius 3 is 2.23 bits per heavy atom. The summed E-state index contributed by atoms with van der Waals surface area (Å²) in [6.45, 7) is 13.5. The molecule has 1 aromatic rings. The fraction of sp³-hybridized carbons (Fsp3) is 0.630. The van der Waals surface area contributed by atoms with Crippen molar-refractivity contribution in [2.75, 3.05) is 33.9 Å². The molecule has 3 nitrogen and oxygen atoms in total. The standard InChI is InChI=1S/C27H44NO2/c1-8-29-19-18-28(6,7)26(25-14-12-24(13-15-25)20-22(2)3)30-27(21-23(4)5)16-10-9-11-17-27/h9-16,22-23,26H,8,17-21H2,1-7H3/q+1. The van der Waals surface area contributed by atoms with Gasteiger partial charge >= 0.3 is 0 Å². The van der Waals surface area contributed by atoms with Gasteiger partial charge in [0, 0.05) is 12.2 Å². The molecule has 1 aromatic carbocycles. The van der Waals surface area contributed by atoms with Gasteiger partial charge in [0.25, 0.3) is 0 Å². The van der Waals surface area contributed by atoms with Gasteiger partial charge in [-0.2, -0.15) is 0 Å². The molecule has 0 fully saturated rings. The predicted octanol–water partition coefficient (Wildman–Crippen LogP) is 6.31. The molecule has 1 aliphatic carbocycles. The van der Waals surface area contributed by atoms with E-state index in [2.05, 4.69) is 97.3 Å². The first kappa shape index (κ1) is 24.8. The Morgan fingerprint density at radius 2 is 1.70 bits per heavy atom. The lowest BCUT2D eigenvalue weighted by Gasteiger charge is -2.44. The largest absolute Gasteiger partial charge is 0.376 e. The van der Waals surface area contributed by atoms with Gasteiger partial charge in [-0.05, 0) is 43.6 Å². The van der Waals surface area contributed by atoms with Crippen LogP contribution in [0.25, 0.3) is 0 Å². The van der Waals surface area contributed by atoms with Gasteiger partial charge in [0.15, 0.2) is 0 Å². The summed E-state index contributed by atoms with van der Waals surface area (Å²) in [5.74, 6) is 1.23. The first-order valence-corrected chi connectivity index (χ1v) is 11.7. The Bertz CT molecular complexity index is 687. The van der Waals surface area contributed by atoms with E-state index in [-0.39, 0.29) is 11.8 Å². The first-order valence-electron chi connectivity index (χ1n) is 11.7. The number of rotatable bonds is 12. The molecule has 2 unspecified atom stereocenters. The molecule has 168 valence electrons. The van der Waals surface area contributed by atoms with Crippen molar-refractivity contribution < 1.29 is 14.0 Å². The van der Waals surface area contributed by atoms with Crippen molar-refractivity contribution in [2.24, 2.45) is 11.8 Å². The minimum Gasteiger partial charge on any atom is -0.376 e. The number of allylic oxidation sites excluding steroid dienone is 2. The van der Waals surface area contributed by atoms with E-state index in [0.717, 1.165) is 43.5 Å². The molecule has 0 spiro atoms. The Balaban J connectivity index is 2.35. The third kappa shape index (κ3) is 7.37. The van der Waals surface area contributed by atoms with Crippen LogP contribution in [0.5, 0.6) is 0 Å². The summed E-state index contributed by atoms with van der Waals surface area (Å²) >= 11 is 0. The molecular weight excluding hydrogens is 370 g/mol. The summed E-state index contributed by atoms with van der Waals surface area (Å²) in [6.07, 6.45) is 11.8. The van der Waals surface area contributed by atoms with Gasteiger partial charge in [-0.1, -0.05) is 76.3 Å². The summed E-state index contributed by atoms with van der Waals surface area (Å²) in [7, 11) is 4.52. The molecule has 3 heteroatoms. The summed E-state index contributed by atoms with van der Waals surface area (Å²) in [4.78, 5) is 0. The molecule has 30 heavy (non-hydrogen) atoms. The molecule has 0 radical (unpaired) electrons. The predicted molar refractivity (Wildman–Crippen MR) is 127 cm³/mol. The van der Waals surface area contributed by atoms with E-state index < -0.39 is 0 Å². The van der Waals surface area contributed by atoms with Crippen molar-refractivity contribution in [3.8, 4) is 0 Å². The molecule has 0 amide bonds. The van der Waals surface area contributed by atoms with Gasteiger partial charge in [0.1, 0.15) is 6.54 Å². The van der Waals surface area contributed by atoms with Crippen molar-refractivity contribution >= 4 is 0 Å². The molecule has 2 rings (SSSR count). The van der Waals surface area contributed by atoms with E-state index in [1.807, 2.05) is 0 Å². The zero-order valence-electron chi connectivity index (χ0n) is 20.4. The lowest BCUT2D eigenvalue weighted by Crippen LogP contribution is -2.50. The highest BCUT2D eigenvalue weighted by molar-refractivity contribution is 5.25. The van der Waals surface area contributed by atoms with Crippen molar-refractivity contribution in [1.29, 1.82) is 0 Å². The quantitative estimate of drug-likeness (QED) is 0.226. The van der Waals surface area contributed by atoms with E-state index in [1.165, 1.54) is 11.1 Å². The van der Waals surface area contributed by atoms with Crippen molar-refractivity contribution in [2.45, 2.75) is 65.7 Å². The number of ether oxygens (including phenoxy) is 2. The summed E-state index contributed by atoms with van der Waals surface area (Å²) in [6, 6.07) is 9.10. The van der Waals surface area contributed by atoms with E-state index in [9.17, 15) is 0 Å². The fourth-order valence-corrected chi connectivity index (χ4v) is 4.31. The average molecular weight is 415 g/mol. The van der Waals surface area contributed by atoms with Gasteiger partial charge in [0.2, 0.25) is 6.23 Å². The molecule has 1 aliphatic rings. The van der Waals surface area contributed by atoms with Crippen LogP contribution < -0.4 is 0 Å². The lowest BCUT2D eigenvalue weighted by molar-refractivity contribution is -0.947. The van der Waals surface area contributed by atoms with E-state index in [0.29, 0.717) is 11.8 Å². The van der Waals surface area contributed by atoms with Crippen LogP contribution in [-0.4, -0.2) is 43.9 Å². The topological polar surface area (TPSA) is 18.5 Å². The van der Waals surface area contributed by atoms with Gasteiger partial charge in [-0.3, -0.25) is 4.48 Å². The van der Waals surface area contributed by atoms with Crippen LogP contribution in [-0.2, 0) is 15.9 Å². The second-order valence-electron chi connectivity index (χ2n) is 10.2. The van der Waals surface area contributed by atoms with Crippen molar-refractivity contribution in [3.63, 3.8) is 0 Å². The Kier molecular flexibility index (Phi) is 9.33. The number of nitrogens with zero attached hydrogens (tertiary/aromatic N) is 1. The molecule has 2 atom stereocenters.